The van der Waals surface area contributed by atoms with Gasteiger partial charge in [0.05, 0.1) is 17.8 Å². The van der Waals surface area contributed by atoms with Gasteiger partial charge in [0, 0.05) is 13.1 Å². The number of rotatable bonds is 3. The number of hydrogen-bond donors (Lipinski definition) is 1. The molecule has 1 heterocycles. The van der Waals surface area contributed by atoms with Crippen molar-refractivity contribution in [3.05, 3.63) is 59.1 Å². The van der Waals surface area contributed by atoms with E-state index in [1.165, 1.54) is 5.56 Å². The Hall–Kier alpha value is -1.78. The summed E-state index contributed by atoms with van der Waals surface area (Å²) in [7, 11) is 1.73. The summed E-state index contributed by atoms with van der Waals surface area (Å²) in [6, 6.07) is 16.0. The van der Waals surface area contributed by atoms with Crippen LogP contribution < -0.4 is 10.1 Å². The van der Waals surface area contributed by atoms with Gasteiger partial charge in [0.1, 0.15) is 5.75 Å². The molecule has 1 aliphatic heterocycles. The molecular formula is C19H21ClN2OS. The third-order valence-electron chi connectivity index (χ3n) is 4.48. The van der Waals surface area contributed by atoms with Crippen LogP contribution in [0.3, 0.4) is 0 Å². The van der Waals surface area contributed by atoms with Gasteiger partial charge in [-0.05, 0) is 54.7 Å². The number of piperidine rings is 1. The van der Waals surface area contributed by atoms with E-state index in [9.17, 15) is 0 Å². The molecule has 0 spiro atoms. The lowest BCUT2D eigenvalue weighted by Gasteiger charge is -2.34. The van der Waals surface area contributed by atoms with Crippen LogP contribution in [0.4, 0.5) is 5.69 Å². The van der Waals surface area contributed by atoms with Crippen molar-refractivity contribution < 1.29 is 4.74 Å². The topological polar surface area (TPSA) is 24.5 Å². The summed E-state index contributed by atoms with van der Waals surface area (Å²) in [4.78, 5) is 2.21. The Morgan fingerprint density at radius 1 is 1.12 bits per heavy atom. The molecule has 126 valence electrons. The molecule has 0 bridgehead atoms. The van der Waals surface area contributed by atoms with Crippen LogP contribution in [-0.2, 0) is 0 Å². The van der Waals surface area contributed by atoms with Crippen LogP contribution in [0.5, 0.6) is 5.75 Å². The minimum atomic E-state index is 0.514. The summed E-state index contributed by atoms with van der Waals surface area (Å²) in [5.74, 6) is 1.49. The van der Waals surface area contributed by atoms with E-state index < -0.39 is 0 Å². The number of nitrogens with one attached hydrogen (secondary N) is 1. The van der Waals surface area contributed by atoms with Crippen molar-refractivity contribution in [1.82, 2.24) is 4.90 Å². The fourth-order valence-corrected chi connectivity index (χ4v) is 3.63. The van der Waals surface area contributed by atoms with Crippen molar-refractivity contribution >= 4 is 34.6 Å². The molecule has 5 heteroatoms. The summed E-state index contributed by atoms with van der Waals surface area (Å²) < 4.78 is 5.50. The number of ether oxygens (including phenoxy) is 1. The number of likely N-dealkylation sites (tertiary alicyclic amines) is 1. The van der Waals surface area contributed by atoms with Crippen molar-refractivity contribution in [3.63, 3.8) is 0 Å². The molecule has 0 atom stereocenters. The summed E-state index contributed by atoms with van der Waals surface area (Å²) >= 11 is 11.7. The van der Waals surface area contributed by atoms with Gasteiger partial charge in [0.2, 0.25) is 0 Å². The van der Waals surface area contributed by atoms with Gasteiger partial charge >= 0.3 is 0 Å². The number of halogens is 1. The second kappa shape index (κ2) is 7.86. The molecule has 0 radical (unpaired) electrons. The largest absolute Gasteiger partial charge is 0.496 e. The van der Waals surface area contributed by atoms with Crippen molar-refractivity contribution in [2.45, 2.75) is 18.8 Å². The summed E-state index contributed by atoms with van der Waals surface area (Å²) in [5.41, 5.74) is 2.15. The minimum Gasteiger partial charge on any atom is -0.496 e. The van der Waals surface area contributed by atoms with Gasteiger partial charge < -0.3 is 15.0 Å². The highest BCUT2D eigenvalue weighted by atomic mass is 35.5. The quantitative estimate of drug-likeness (QED) is 0.785. The first-order valence-electron chi connectivity index (χ1n) is 8.12. The lowest BCUT2D eigenvalue weighted by Crippen LogP contribution is -2.40. The van der Waals surface area contributed by atoms with Crippen LogP contribution in [0.1, 0.15) is 24.3 Å². The molecular weight excluding hydrogens is 340 g/mol. The zero-order valence-electron chi connectivity index (χ0n) is 13.7. The van der Waals surface area contributed by atoms with Crippen LogP contribution >= 0.6 is 23.8 Å². The van der Waals surface area contributed by atoms with E-state index in [1.807, 2.05) is 36.4 Å². The molecule has 1 N–H and O–H groups in total. The van der Waals surface area contributed by atoms with Gasteiger partial charge in [-0.2, -0.15) is 0 Å². The predicted molar refractivity (Wildman–Crippen MR) is 104 cm³/mol. The van der Waals surface area contributed by atoms with Gasteiger partial charge in [-0.15, -0.1) is 0 Å². The van der Waals surface area contributed by atoms with E-state index in [4.69, 9.17) is 28.6 Å². The number of para-hydroxylation sites is 2. The Balaban J connectivity index is 1.61. The average molecular weight is 361 g/mol. The highest BCUT2D eigenvalue weighted by Gasteiger charge is 2.24. The number of methoxy groups -OCH3 is 1. The maximum absolute atomic E-state index is 6.19. The van der Waals surface area contributed by atoms with Crippen molar-refractivity contribution in [2.75, 3.05) is 25.5 Å². The first-order chi connectivity index (χ1) is 11.7. The minimum absolute atomic E-state index is 0.514. The molecule has 0 saturated carbocycles. The molecule has 3 rings (SSSR count). The molecule has 0 aromatic heterocycles. The average Bonchev–Trinajstić information content (AvgIpc) is 2.63. The number of nitrogens with zero attached hydrogens (tertiary/aromatic N) is 1. The molecule has 2 aromatic carbocycles. The highest BCUT2D eigenvalue weighted by molar-refractivity contribution is 7.80. The smallest absolute Gasteiger partial charge is 0.173 e. The zero-order valence-corrected chi connectivity index (χ0v) is 15.2. The van der Waals surface area contributed by atoms with Crippen LogP contribution in [0.25, 0.3) is 0 Å². The SMILES string of the molecule is COc1ccccc1C1CCN(C(=S)Nc2ccccc2Cl)CC1. The van der Waals surface area contributed by atoms with E-state index in [1.54, 1.807) is 7.11 Å². The predicted octanol–water partition coefficient (Wildman–Crippen LogP) is 4.93. The maximum atomic E-state index is 6.19. The third-order valence-corrected chi connectivity index (χ3v) is 5.17. The highest BCUT2D eigenvalue weighted by Crippen LogP contribution is 2.34. The van der Waals surface area contributed by atoms with Gasteiger partial charge in [-0.1, -0.05) is 41.9 Å². The molecule has 0 unspecified atom stereocenters. The first kappa shape index (κ1) is 17.1. The van der Waals surface area contributed by atoms with Crippen LogP contribution in [-0.4, -0.2) is 30.2 Å². The number of anilines is 1. The Kier molecular flexibility index (Phi) is 5.59. The van der Waals surface area contributed by atoms with E-state index in [2.05, 4.69) is 22.3 Å². The van der Waals surface area contributed by atoms with Crippen LogP contribution in [0.15, 0.2) is 48.5 Å². The molecule has 1 fully saturated rings. The maximum Gasteiger partial charge on any atom is 0.173 e. The van der Waals surface area contributed by atoms with Crippen LogP contribution in [0.2, 0.25) is 5.02 Å². The Morgan fingerprint density at radius 2 is 1.79 bits per heavy atom. The normalized spacial score (nSPS) is 15.2. The summed E-state index contributed by atoms with van der Waals surface area (Å²) in [6.07, 6.45) is 2.12. The molecule has 0 aliphatic carbocycles. The van der Waals surface area contributed by atoms with Crippen molar-refractivity contribution in [2.24, 2.45) is 0 Å². The van der Waals surface area contributed by atoms with Gasteiger partial charge in [-0.25, -0.2) is 0 Å². The van der Waals surface area contributed by atoms with E-state index in [-0.39, 0.29) is 0 Å². The molecule has 1 saturated heterocycles. The standard InChI is InChI=1S/C19H21ClN2OS/c1-23-18-9-5-2-6-15(18)14-10-12-22(13-11-14)19(24)21-17-8-4-3-7-16(17)20/h2-9,14H,10-13H2,1H3,(H,21,24). The Morgan fingerprint density at radius 3 is 2.50 bits per heavy atom. The molecule has 3 nitrogen and oxygen atoms in total. The molecule has 2 aromatic rings. The lowest BCUT2D eigenvalue weighted by atomic mass is 9.89. The number of hydrogen-bond acceptors (Lipinski definition) is 2. The van der Waals surface area contributed by atoms with E-state index >= 15 is 0 Å². The molecule has 0 amide bonds. The second-order valence-corrected chi connectivity index (χ2v) is 6.71. The van der Waals surface area contributed by atoms with E-state index in [0.717, 1.165) is 42.5 Å². The molecule has 24 heavy (non-hydrogen) atoms. The second-order valence-electron chi connectivity index (χ2n) is 5.91. The lowest BCUT2D eigenvalue weighted by molar-refractivity contribution is 0.310. The Labute approximate surface area is 153 Å². The summed E-state index contributed by atoms with van der Waals surface area (Å²) in [5, 5.41) is 4.68. The zero-order chi connectivity index (χ0) is 16.9. The fourth-order valence-electron chi connectivity index (χ4n) is 3.15. The monoisotopic (exact) mass is 360 g/mol. The van der Waals surface area contributed by atoms with Gasteiger partial charge in [0.15, 0.2) is 5.11 Å². The van der Waals surface area contributed by atoms with Crippen LogP contribution in [0, 0.1) is 0 Å². The van der Waals surface area contributed by atoms with E-state index in [0.29, 0.717) is 10.9 Å². The molecule has 1 aliphatic rings. The third kappa shape index (κ3) is 3.82. The van der Waals surface area contributed by atoms with Crippen molar-refractivity contribution in [3.8, 4) is 5.75 Å². The van der Waals surface area contributed by atoms with Gasteiger partial charge in [0.25, 0.3) is 0 Å². The van der Waals surface area contributed by atoms with Crippen molar-refractivity contribution in [1.29, 1.82) is 0 Å². The van der Waals surface area contributed by atoms with Gasteiger partial charge in [-0.3, -0.25) is 0 Å². The Bertz CT molecular complexity index is 714. The first-order valence-corrected chi connectivity index (χ1v) is 8.91. The fraction of sp³-hybridized carbons (Fsp3) is 0.316. The summed E-state index contributed by atoms with van der Waals surface area (Å²) in [6.45, 7) is 1.86. The number of benzene rings is 2. The number of thiocarbonyl (C=S) groups is 1.